The summed E-state index contributed by atoms with van der Waals surface area (Å²) in [6.45, 7) is 0.694. The van der Waals surface area contributed by atoms with Gasteiger partial charge in [-0.05, 0) is 12.8 Å². The normalized spacial score (nSPS) is 23.6. The van der Waals surface area contributed by atoms with Crippen LogP contribution in [0.1, 0.15) is 31.4 Å². The maximum atomic E-state index is 9.12. The van der Waals surface area contributed by atoms with Gasteiger partial charge in [0.05, 0.1) is 24.8 Å². The van der Waals surface area contributed by atoms with E-state index in [1.165, 1.54) is 12.8 Å². The number of rotatable bonds is 4. The summed E-state index contributed by atoms with van der Waals surface area (Å²) >= 11 is 0. The molecular formula is C13H20N4O. The van der Waals surface area contributed by atoms with Gasteiger partial charge in [0.15, 0.2) is 0 Å². The smallest absolute Gasteiger partial charge is 0.211 e. The van der Waals surface area contributed by atoms with Crippen LogP contribution < -0.4 is 10.1 Å². The van der Waals surface area contributed by atoms with Gasteiger partial charge >= 0.3 is 0 Å². The maximum absolute atomic E-state index is 9.12. The molecule has 0 spiro atoms. The van der Waals surface area contributed by atoms with Crippen LogP contribution in [0.15, 0.2) is 6.07 Å². The highest BCUT2D eigenvalue weighted by atomic mass is 16.5. The molecule has 1 fully saturated rings. The number of ether oxygens (including phenoxy) is 1. The second-order valence-corrected chi connectivity index (χ2v) is 4.81. The van der Waals surface area contributed by atoms with Crippen LogP contribution in [0.4, 0.5) is 0 Å². The summed E-state index contributed by atoms with van der Waals surface area (Å²) in [5.41, 5.74) is 0.955. The molecule has 1 aliphatic rings. The van der Waals surface area contributed by atoms with Crippen molar-refractivity contribution in [2.75, 3.05) is 7.11 Å². The van der Waals surface area contributed by atoms with E-state index in [-0.39, 0.29) is 5.92 Å². The third kappa shape index (κ3) is 2.82. The second kappa shape index (κ2) is 5.87. The van der Waals surface area contributed by atoms with Crippen molar-refractivity contribution in [2.45, 2.75) is 38.3 Å². The van der Waals surface area contributed by atoms with Gasteiger partial charge < -0.3 is 10.1 Å². The van der Waals surface area contributed by atoms with Gasteiger partial charge in [-0.3, -0.25) is 0 Å². The molecule has 98 valence electrons. The maximum Gasteiger partial charge on any atom is 0.211 e. The van der Waals surface area contributed by atoms with Crippen molar-refractivity contribution in [3.05, 3.63) is 11.8 Å². The number of aryl methyl sites for hydroxylation is 1. The zero-order chi connectivity index (χ0) is 13.0. The predicted octanol–water partition coefficient (Wildman–Crippen LogP) is 1.60. The van der Waals surface area contributed by atoms with E-state index < -0.39 is 0 Å². The summed E-state index contributed by atoms with van der Waals surface area (Å²) in [6.07, 6.45) is 4.48. The van der Waals surface area contributed by atoms with Gasteiger partial charge in [-0.15, -0.1) is 0 Å². The van der Waals surface area contributed by atoms with Crippen molar-refractivity contribution in [3.63, 3.8) is 0 Å². The van der Waals surface area contributed by atoms with Crippen molar-refractivity contribution in [3.8, 4) is 11.9 Å². The molecule has 0 amide bonds. The fourth-order valence-electron chi connectivity index (χ4n) is 2.55. The third-order valence-electron chi connectivity index (χ3n) is 3.57. The number of methoxy groups -OCH3 is 1. The van der Waals surface area contributed by atoms with Crippen LogP contribution in [-0.2, 0) is 13.6 Å². The average Bonchev–Trinajstić information content (AvgIpc) is 2.77. The molecule has 0 saturated heterocycles. The first-order valence-electron chi connectivity index (χ1n) is 6.44. The Hall–Kier alpha value is -1.54. The summed E-state index contributed by atoms with van der Waals surface area (Å²) in [5.74, 6) is 0.900. The quantitative estimate of drug-likeness (QED) is 0.879. The van der Waals surface area contributed by atoms with Crippen molar-refractivity contribution in [1.29, 1.82) is 5.26 Å². The summed E-state index contributed by atoms with van der Waals surface area (Å²) in [4.78, 5) is 0. The molecule has 1 saturated carbocycles. The molecule has 0 bridgehead atoms. The van der Waals surface area contributed by atoms with E-state index in [0.29, 0.717) is 12.6 Å². The van der Waals surface area contributed by atoms with E-state index in [2.05, 4.69) is 16.5 Å². The molecule has 18 heavy (non-hydrogen) atoms. The number of aromatic nitrogens is 2. The highest BCUT2D eigenvalue weighted by Gasteiger charge is 2.24. The Labute approximate surface area is 108 Å². The lowest BCUT2D eigenvalue weighted by Crippen LogP contribution is -2.37. The number of hydrogen-bond acceptors (Lipinski definition) is 4. The molecule has 0 aromatic carbocycles. The predicted molar refractivity (Wildman–Crippen MR) is 68.0 cm³/mol. The summed E-state index contributed by atoms with van der Waals surface area (Å²) in [7, 11) is 3.50. The monoisotopic (exact) mass is 248 g/mol. The van der Waals surface area contributed by atoms with E-state index in [1.54, 1.807) is 11.8 Å². The van der Waals surface area contributed by atoms with Crippen LogP contribution in [0.3, 0.4) is 0 Å². The minimum absolute atomic E-state index is 0.143. The van der Waals surface area contributed by atoms with Crippen LogP contribution in [0.25, 0.3) is 0 Å². The highest BCUT2D eigenvalue weighted by molar-refractivity contribution is 5.15. The minimum atomic E-state index is 0.143. The first-order chi connectivity index (χ1) is 8.74. The van der Waals surface area contributed by atoms with Gasteiger partial charge in [-0.25, -0.2) is 4.68 Å². The molecule has 1 heterocycles. The number of nitriles is 1. The van der Waals surface area contributed by atoms with Crippen molar-refractivity contribution < 1.29 is 4.74 Å². The lowest BCUT2D eigenvalue weighted by atomic mass is 9.85. The van der Waals surface area contributed by atoms with Gasteiger partial charge in [-0.1, -0.05) is 12.8 Å². The van der Waals surface area contributed by atoms with E-state index in [1.807, 2.05) is 13.1 Å². The van der Waals surface area contributed by atoms with Crippen molar-refractivity contribution in [2.24, 2.45) is 13.0 Å². The van der Waals surface area contributed by atoms with E-state index in [9.17, 15) is 0 Å². The summed E-state index contributed by atoms with van der Waals surface area (Å²) < 4.78 is 6.90. The minimum Gasteiger partial charge on any atom is -0.481 e. The van der Waals surface area contributed by atoms with E-state index >= 15 is 0 Å². The molecule has 5 heteroatoms. The molecule has 0 radical (unpaired) electrons. The molecule has 2 unspecified atom stereocenters. The number of hydrogen-bond donors (Lipinski definition) is 1. The number of nitrogens with one attached hydrogen (secondary N) is 1. The molecule has 2 rings (SSSR count). The molecule has 5 nitrogen and oxygen atoms in total. The fraction of sp³-hybridized carbons (Fsp3) is 0.692. The van der Waals surface area contributed by atoms with Crippen molar-refractivity contribution >= 4 is 0 Å². The van der Waals surface area contributed by atoms with Gasteiger partial charge in [0, 0.05) is 25.7 Å². The van der Waals surface area contributed by atoms with Crippen LogP contribution in [-0.4, -0.2) is 22.9 Å². The van der Waals surface area contributed by atoms with Gasteiger partial charge in [0.2, 0.25) is 5.88 Å². The zero-order valence-corrected chi connectivity index (χ0v) is 11.0. The Morgan fingerprint density at radius 2 is 2.33 bits per heavy atom. The van der Waals surface area contributed by atoms with E-state index in [0.717, 1.165) is 24.4 Å². The van der Waals surface area contributed by atoms with Crippen LogP contribution >= 0.6 is 0 Å². The van der Waals surface area contributed by atoms with Crippen LogP contribution in [0.2, 0.25) is 0 Å². The molecule has 1 N–H and O–H groups in total. The molecular weight excluding hydrogens is 228 g/mol. The molecule has 0 aliphatic heterocycles. The standard InChI is InChI=1S/C13H20N4O/c1-17-13(18-2)7-11(16-17)9-15-12-6-4-3-5-10(12)8-14/h7,10,12,15H,3-6,9H2,1-2H3. The fourth-order valence-corrected chi connectivity index (χ4v) is 2.55. The highest BCUT2D eigenvalue weighted by Crippen LogP contribution is 2.24. The lowest BCUT2D eigenvalue weighted by Gasteiger charge is -2.27. The Balaban J connectivity index is 1.92. The van der Waals surface area contributed by atoms with Gasteiger partial charge in [0.25, 0.3) is 0 Å². The first kappa shape index (κ1) is 12.9. The Kier molecular flexibility index (Phi) is 4.21. The summed E-state index contributed by atoms with van der Waals surface area (Å²) in [5, 5.41) is 16.9. The molecule has 2 atom stereocenters. The average molecular weight is 248 g/mol. The lowest BCUT2D eigenvalue weighted by molar-refractivity contribution is 0.310. The Morgan fingerprint density at radius 3 is 3.00 bits per heavy atom. The van der Waals surface area contributed by atoms with Gasteiger partial charge in [0.1, 0.15) is 0 Å². The first-order valence-corrected chi connectivity index (χ1v) is 6.44. The Bertz CT molecular complexity index is 435. The van der Waals surface area contributed by atoms with Crippen LogP contribution in [0, 0.1) is 17.2 Å². The molecule has 1 aliphatic carbocycles. The third-order valence-corrected chi connectivity index (χ3v) is 3.57. The second-order valence-electron chi connectivity index (χ2n) is 4.81. The molecule has 1 aromatic heterocycles. The van der Waals surface area contributed by atoms with Crippen molar-refractivity contribution in [1.82, 2.24) is 15.1 Å². The molecule has 1 aromatic rings. The topological polar surface area (TPSA) is 62.9 Å². The SMILES string of the molecule is COc1cc(CNC2CCCCC2C#N)nn1C. The van der Waals surface area contributed by atoms with Gasteiger partial charge in [-0.2, -0.15) is 10.4 Å². The number of nitrogens with zero attached hydrogens (tertiary/aromatic N) is 3. The van der Waals surface area contributed by atoms with Crippen LogP contribution in [0.5, 0.6) is 5.88 Å². The summed E-state index contributed by atoms with van der Waals surface area (Å²) in [6, 6.07) is 4.64. The largest absolute Gasteiger partial charge is 0.481 e. The van der Waals surface area contributed by atoms with E-state index in [4.69, 9.17) is 10.00 Å². The zero-order valence-electron chi connectivity index (χ0n) is 11.0. The Morgan fingerprint density at radius 1 is 1.56 bits per heavy atom.